The molecular weight excluding hydrogens is 478 g/mol. The summed E-state index contributed by atoms with van der Waals surface area (Å²) in [5.41, 5.74) is 4.17. The fourth-order valence-electron chi connectivity index (χ4n) is 5.50. The van der Waals surface area contributed by atoms with E-state index in [-0.39, 0.29) is 23.3 Å². The smallest absolute Gasteiger partial charge is 0.264 e. The van der Waals surface area contributed by atoms with Crippen molar-refractivity contribution in [1.82, 2.24) is 20.0 Å². The molecule has 1 aromatic heterocycles. The molecule has 4 heterocycles. The highest BCUT2D eigenvalue weighted by Crippen LogP contribution is 2.39. The molecule has 0 spiro atoms. The third-order valence-corrected chi connectivity index (χ3v) is 7.54. The normalized spacial score (nSPS) is 18.8. The van der Waals surface area contributed by atoms with E-state index in [2.05, 4.69) is 10.4 Å². The maximum atomic E-state index is 14.3. The third-order valence-electron chi connectivity index (χ3n) is 7.54. The Kier molecular flexibility index (Phi) is 7.28. The molecule has 37 heavy (non-hydrogen) atoms. The Bertz CT molecular complexity index is 1220. The molecule has 1 fully saturated rings. The van der Waals surface area contributed by atoms with Gasteiger partial charge in [0.1, 0.15) is 5.84 Å². The van der Waals surface area contributed by atoms with E-state index in [1.54, 1.807) is 35.8 Å². The standard InChI is InChI=1S/C27H34F2N6O2/c1-17(36)34-11-6-23(31-19-7-12-37-13-8-19)22(16-34)27(30)35-9-3-4-18-14-20(24-5-10-33(2)32-24)21(26(28)29)15-25(18)35/h5,10,14-15,19,26,30-31H,3-4,6-9,11-13,16H2,1-2H3. The molecule has 3 aliphatic heterocycles. The molecule has 8 nitrogen and oxygen atoms in total. The zero-order chi connectivity index (χ0) is 26.1. The van der Waals surface area contributed by atoms with Crippen LogP contribution in [0.3, 0.4) is 0 Å². The lowest BCUT2D eigenvalue weighted by Gasteiger charge is -2.38. The maximum Gasteiger partial charge on any atom is 0.264 e. The molecule has 0 bridgehead atoms. The molecule has 0 saturated carbocycles. The lowest BCUT2D eigenvalue weighted by Crippen LogP contribution is -2.46. The SMILES string of the molecule is CC(=O)N1CCC(NC2CCOCC2)=C(C(=N)N2CCCc3cc(-c4ccn(C)n4)c(C(F)F)cc32)C1. The van der Waals surface area contributed by atoms with Gasteiger partial charge < -0.3 is 19.9 Å². The van der Waals surface area contributed by atoms with Crippen molar-refractivity contribution in [2.75, 3.05) is 37.7 Å². The van der Waals surface area contributed by atoms with Gasteiger partial charge in [0.2, 0.25) is 5.91 Å². The fraction of sp³-hybridized carbons (Fsp3) is 0.519. The second kappa shape index (κ2) is 10.6. The summed E-state index contributed by atoms with van der Waals surface area (Å²) < 4.78 is 35.6. The summed E-state index contributed by atoms with van der Waals surface area (Å²) >= 11 is 0. The van der Waals surface area contributed by atoms with Crippen molar-refractivity contribution >= 4 is 17.4 Å². The summed E-state index contributed by atoms with van der Waals surface area (Å²) in [6.45, 7) is 4.43. The highest BCUT2D eigenvalue weighted by atomic mass is 19.3. The molecule has 0 radical (unpaired) electrons. The minimum absolute atomic E-state index is 0.0329. The number of hydrogen-bond acceptors (Lipinski definition) is 5. The number of amides is 1. The summed E-state index contributed by atoms with van der Waals surface area (Å²) in [5, 5.41) is 17.2. The van der Waals surface area contributed by atoms with Gasteiger partial charge in [0, 0.05) is 87.0 Å². The molecular formula is C27H34F2N6O2. The number of alkyl halides is 2. The lowest BCUT2D eigenvalue weighted by molar-refractivity contribution is -0.128. The van der Waals surface area contributed by atoms with Crippen molar-refractivity contribution in [2.24, 2.45) is 7.05 Å². The number of halogens is 2. The van der Waals surface area contributed by atoms with Crippen LogP contribution in [-0.4, -0.2) is 65.3 Å². The van der Waals surface area contributed by atoms with Gasteiger partial charge in [-0.15, -0.1) is 0 Å². The summed E-state index contributed by atoms with van der Waals surface area (Å²) in [5.74, 6) is 0.238. The fourth-order valence-corrected chi connectivity index (χ4v) is 5.50. The van der Waals surface area contributed by atoms with Crippen molar-refractivity contribution in [3.8, 4) is 11.3 Å². The summed E-state index contributed by atoms with van der Waals surface area (Å²) in [6.07, 6.45) is 3.03. The number of aromatic nitrogens is 2. The predicted octanol–water partition coefficient (Wildman–Crippen LogP) is 4.03. The molecule has 5 rings (SSSR count). The Morgan fingerprint density at radius 3 is 2.68 bits per heavy atom. The number of carbonyl (C=O) groups excluding carboxylic acids is 1. The van der Waals surface area contributed by atoms with Crippen LogP contribution < -0.4 is 10.2 Å². The van der Waals surface area contributed by atoms with E-state index < -0.39 is 6.43 Å². The number of nitrogens with zero attached hydrogens (tertiary/aromatic N) is 4. The first kappa shape index (κ1) is 25.4. The van der Waals surface area contributed by atoms with E-state index in [4.69, 9.17) is 4.74 Å². The number of benzene rings is 1. The Morgan fingerprint density at radius 2 is 2.00 bits per heavy atom. The highest BCUT2D eigenvalue weighted by molar-refractivity contribution is 6.09. The topological polar surface area (TPSA) is 86.5 Å². The molecule has 198 valence electrons. The van der Waals surface area contributed by atoms with E-state index in [0.717, 1.165) is 42.5 Å². The number of aryl methyl sites for hydroxylation is 2. The molecule has 1 amide bonds. The molecule has 2 N–H and O–H groups in total. The molecule has 3 aliphatic rings. The number of nitrogens with one attached hydrogen (secondary N) is 2. The molecule has 10 heteroatoms. The Balaban J connectivity index is 1.52. The van der Waals surface area contributed by atoms with Crippen molar-refractivity contribution in [3.05, 3.63) is 46.8 Å². The van der Waals surface area contributed by atoms with Crippen LogP contribution in [-0.2, 0) is 23.0 Å². The van der Waals surface area contributed by atoms with Crippen LogP contribution in [0.5, 0.6) is 0 Å². The zero-order valence-corrected chi connectivity index (χ0v) is 21.4. The van der Waals surface area contributed by atoms with Crippen LogP contribution >= 0.6 is 0 Å². The summed E-state index contributed by atoms with van der Waals surface area (Å²) in [7, 11) is 1.77. The average molecular weight is 513 g/mol. The first-order valence-electron chi connectivity index (χ1n) is 12.9. The number of rotatable bonds is 5. The van der Waals surface area contributed by atoms with Crippen molar-refractivity contribution in [3.63, 3.8) is 0 Å². The zero-order valence-electron chi connectivity index (χ0n) is 21.4. The Morgan fingerprint density at radius 1 is 1.22 bits per heavy atom. The van der Waals surface area contributed by atoms with Crippen LogP contribution in [0.25, 0.3) is 11.3 Å². The number of carbonyl (C=O) groups is 1. The minimum Gasteiger partial charge on any atom is -0.385 e. The molecule has 1 aromatic carbocycles. The number of fused-ring (bicyclic) bond motifs is 1. The molecule has 2 aromatic rings. The number of hydrogen-bond donors (Lipinski definition) is 2. The first-order chi connectivity index (χ1) is 17.8. The van der Waals surface area contributed by atoms with E-state index in [9.17, 15) is 19.0 Å². The first-order valence-corrected chi connectivity index (χ1v) is 12.9. The van der Waals surface area contributed by atoms with Crippen molar-refractivity contribution in [1.29, 1.82) is 5.41 Å². The second-order valence-corrected chi connectivity index (χ2v) is 10.0. The van der Waals surface area contributed by atoms with Gasteiger partial charge in [0.25, 0.3) is 6.43 Å². The van der Waals surface area contributed by atoms with Gasteiger partial charge in [-0.2, -0.15) is 5.10 Å². The van der Waals surface area contributed by atoms with E-state index in [1.807, 2.05) is 11.0 Å². The molecule has 0 atom stereocenters. The lowest BCUT2D eigenvalue weighted by atomic mass is 9.93. The van der Waals surface area contributed by atoms with Gasteiger partial charge >= 0.3 is 0 Å². The van der Waals surface area contributed by atoms with Gasteiger partial charge in [-0.3, -0.25) is 14.9 Å². The predicted molar refractivity (Wildman–Crippen MR) is 138 cm³/mol. The number of amidine groups is 1. The van der Waals surface area contributed by atoms with Crippen LogP contribution in [0, 0.1) is 5.41 Å². The van der Waals surface area contributed by atoms with Crippen molar-refractivity contribution < 1.29 is 18.3 Å². The van der Waals surface area contributed by atoms with Crippen LogP contribution in [0.2, 0.25) is 0 Å². The quantitative estimate of drug-likeness (QED) is 0.467. The van der Waals surface area contributed by atoms with E-state index >= 15 is 0 Å². The van der Waals surface area contributed by atoms with Crippen LogP contribution in [0.4, 0.5) is 14.5 Å². The summed E-state index contributed by atoms with van der Waals surface area (Å²) in [6, 6.07) is 5.36. The molecule has 0 unspecified atom stereocenters. The van der Waals surface area contributed by atoms with E-state index in [1.165, 1.54) is 6.07 Å². The largest absolute Gasteiger partial charge is 0.385 e. The summed E-state index contributed by atoms with van der Waals surface area (Å²) in [4.78, 5) is 15.8. The number of ether oxygens (including phenoxy) is 1. The second-order valence-electron chi connectivity index (χ2n) is 10.0. The van der Waals surface area contributed by atoms with Gasteiger partial charge in [-0.05, 0) is 49.4 Å². The molecule has 0 aliphatic carbocycles. The van der Waals surface area contributed by atoms with Gasteiger partial charge in [-0.25, -0.2) is 8.78 Å². The third kappa shape index (κ3) is 5.25. The monoisotopic (exact) mass is 512 g/mol. The highest BCUT2D eigenvalue weighted by Gasteiger charge is 2.31. The van der Waals surface area contributed by atoms with Crippen LogP contribution in [0.1, 0.15) is 50.2 Å². The molecule has 1 saturated heterocycles. The van der Waals surface area contributed by atoms with Gasteiger partial charge in [0.05, 0.1) is 12.2 Å². The van der Waals surface area contributed by atoms with Crippen LogP contribution in [0.15, 0.2) is 35.7 Å². The Labute approximate surface area is 215 Å². The van der Waals surface area contributed by atoms with E-state index in [0.29, 0.717) is 56.2 Å². The van der Waals surface area contributed by atoms with Gasteiger partial charge in [0.15, 0.2) is 0 Å². The minimum atomic E-state index is -2.67. The Hall–Kier alpha value is -3.27. The maximum absolute atomic E-state index is 14.3. The average Bonchev–Trinajstić information content (AvgIpc) is 3.34. The number of anilines is 1. The van der Waals surface area contributed by atoms with Gasteiger partial charge in [-0.1, -0.05) is 0 Å². The van der Waals surface area contributed by atoms with Crippen molar-refractivity contribution in [2.45, 2.75) is 51.5 Å².